The van der Waals surface area contributed by atoms with Gasteiger partial charge in [-0.05, 0) is 36.4 Å². The fourth-order valence-electron chi connectivity index (χ4n) is 1.40. The Bertz CT molecular complexity index is 721. The van der Waals surface area contributed by atoms with Crippen molar-refractivity contribution in [1.82, 2.24) is 0 Å². The van der Waals surface area contributed by atoms with Crippen molar-refractivity contribution in [2.75, 3.05) is 11.8 Å². The third kappa shape index (κ3) is 2.97. The van der Waals surface area contributed by atoms with E-state index in [1.165, 1.54) is 18.2 Å². The minimum Gasteiger partial charge on any atom is -0.463 e. The van der Waals surface area contributed by atoms with Crippen LogP contribution in [-0.4, -0.2) is 21.5 Å². The van der Waals surface area contributed by atoms with Gasteiger partial charge >= 0.3 is 5.97 Å². The van der Waals surface area contributed by atoms with Crippen LogP contribution in [0.3, 0.4) is 0 Å². The van der Waals surface area contributed by atoms with Crippen molar-refractivity contribution in [3.05, 3.63) is 48.0 Å². The van der Waals surface area contributed by atoms with Gasteiger partial charge in [0.25, 0.3) is 10.0 Å². The summed E-state index contributed by atoms with van der Waals surface area (Å²) in [5.41, 5.74) is 0.169. The molecule has 1 heterocycles. The Kier molecular flexibility index (Phi) is 3.75. The standard InChI is InChI=1S/C12H10FNO5S/c1-18-12(15)10-6-7-11(19-10)20(16,17)14-9-4-2-8(13)3-5-9/h2-7,14H,1H3. The Labute approximate surface area is 114 Å². The zero-order chi connectivity index (χ0) is 14.8. The molecule has 1 aromatic heterocycles. The Balaban J connectivity index is 2.24. The fourth-order valence-corrected chi connectivity index (χ4v) is 2.39. The van der Waals surface area contributed by atoms with E-state index >= 15 is 0 Å². The number of sulfonamides is 1. The lowest BCUT2D eigenvalue weighted by Crippen LogP contribution is -2.12. The van der Waals surface area contributed by atoms with E-state index in [1.807, 2.05) is 0 Å². The predicted octanol–water partition coefficient (Wildman–Crippen LogP) is 2.01. The summed E-state index contributed by atoms with van der Waals surface area (Å²) >= 11 is 0. The maximum Gasteiger partial charge on any atom is 0.374 e. The molecule has 1 N–H and O–H groups in total. The van der Waals surface area contributed by atoms with Gasteiger partial charge in [0, 0.05) is 5.69 Å². The number of benzene rings is 1. The summed E-state index contributed by atoms with van der Waals surface area (Å²) in [7, 11) is -2.85. The number of esters is 1. The molecule has 0 saturated carbocycles. The second-order valence-corrected chi connectivity index (χ2v) is 5.34. The number of nitrogens with one attached hydrogen (secondary N) is 1. The number of methoxy groups -OCH3 is 1. The molecule has 0 spiro atoms. The van der Waals surface area contributed by atoms with Crippen molar-refractivity contribution in [1.29, 1.82) is 0 Å². The zero-order valence-electron chi connectivity index (χ0n) is 10.3. The van der Waals surface area contributed by atoms with Crippen LogP contribution in [-0.2, 0) is 14.8 Å². The highest BCUT2D eigenvalue weighted by molar-refractivity contribution is 7.92. The average molecular weight is 299 g/mol. The van der Waals surface area contributed by atoms with Crippen molar-refractivity contribution < 1.29 is 26.8 Å². The van der Waals surface area contributed by atoms with Gasteiger partial charge in [-0.3, -0.25) is 4.72 Å². The van der Waals surface area contributed by atoms with E-state index in [2.05, 4.69) is 9.46 Å². The normalized spacial score (nSPS) is 11.1. The van der Waals surface area contributed by atoms with Crippen LogP contribution in [0, 0.1) is 5.82 Å². The minimum absolute atomic E-state index is 0.169. The van der Waals surface area contributed by atoms with Crippen LogP contribution >= 0.6 is 0 Å². The first-order valence-corrected chi connectivity index (χ1v) is 6.87. The van der Waals surface area contributed by atoms with Crippen molar-refractivity contribution >= 4 is 21.7 Å². The van der Waals surface area contributed by atoms with E-state index in [4.69, 9.17) is 4.42 Å². The molecule has 0 amide bonds. The number of carbonyl (C=O) groups excluding carboxylic acids is 1. The van der Waals surface area contributed by atoms with Crippen molar-refractivity contribution in [3.8, 4) is 0 Å². The first-order valence-electron chi connectivity index (χ1n) is 5.39. The Hall–Kier alpha value is -2.35. The van der Waals surface area contributed by atoms with Gasteiger partial charge in [-0.25, -0.2) is 9.18 Å². The summed E-state index contributed by atoms with van der Waals surface area (Å²) in [6.45, 7) is 0. The highest BCUT2D eigenvalue weighted by atomic mass is 32.2. The average Bonchev–Trinajstić information content (AvgIpc) is 2.91. The summed E-state index contributed by atoms with van der Waals surface area (Å²) < 4.78 is 48.1. The second-order valence-electron chi connectivity index (χ2n) is 3.72. The number of carbonyl (C=O) groups is 1. The minimum atomic E-state index is -3.99. The highest BCUT2D eigenvalue weighted by Gasteiger charge is 2.21. The van der Waals surface area contributed by atoms with Crippen LogP contribution in [0.25, 0.3) is 0 Å². The lowest BCUT2D eigenvalue weighted by atomic mass is 10.3. The second kappa shape index (κ2) is 5.33. The SMILES string of the molecule is COC(=O)c1ccc(S(=O)(=O)Nc2ccc(F)cc2)o1. The van der Waals surface area contributed by atoms with Crippen LogP contribution in [0.2, 0.25) is 0 Å². The maximum absolute atomic E-state index is 12.7. The van der Waals surface area contributed by atoms with E-state index in [9.17, 15) is 17.6 Å². The monoisotopic (exact) mass is 299 g/mol. The first-order chi connectivity index (χ1) is 9.42. The Morgan fingerprint density at radius 1 is 1.20 bits per heavy atom. The molecule has 1 aromatic carbocycles. The van der Waals surface area contributed by atoms with Gasteiger partial charge in [0.1, 0.15) is 5.82 Å². The zero-order valence-corrected chi connectivity index (χ0v) is 11.1. The van der Waals surface area contributed by atoms with Crippen LogP contribution in [0.1, 0.15) is 10.6 Å². The molecular formula is C12H10FNO5S. The summed E-state index contributed by atoms with van der Waals surface area (Å²) in [5, 5.41) is -0.442. The summed E-state index contributed by atoms with van der Waals surface area (Å²) in [6, 6.07) is 7.05. The molecule has 0 bridgehead atoms. The van der Waals surface area contributed by atoms with Gasteiger partial charge in [0.05, 0.1) is 7.11 Å². The quantitative estimate of drug-likeness (QED) is 0.873. The van der Waals surface area contributed by atoms with Gasteiger partial charge < -0.3 is 9.15 Å². The third-order valence-electron chi connectivity index (χ3n) is 2.33. The van der Waals surface area contributed by atoms with Gasteiger partial charge in [-0.15, -0.1) is 0 Å². The number of anilines is 1. The molecule has 0 aliphatic carbocycles. The van der Waals surface area contributed by atoms with Crippen LogP contribution in [0.5, 0.6) is 0 Å². The van der Waals surface area contributed by atoms with Gasteiger partial charge in [-0.2, -0.15) is 8.42 Å². The first kappa shape index (κ1) is 14.1. The van der Waals surface area contributed by atoms with Gasteiger partial charge in [0.15, 0.2) is 0 Å². The van der Waals surface area contributed by atoms with Crippen molar-refractivity contribution in [3.63, 3.8) is 0 Å². The largest absolute Gasteiger partial charge is 0.463 e. The van der Waals surface area contributed by atoms with Crippen molar-refractivity contribution in [2.45, 2.75) is 5.09 Å². The topological polar surface area (TPSA) is 85.6 Å². The molecule has 0 saturated heterocycles. The van der Waals surface area contributed by atoms with Gasteiger partial charge in [-0.1, -0.05) is 0 Å². The summed E-state index contributed by atoms with van der Waals surface area (Å²) in [4.78, 5) is 11.2. The fraction of sp³-hybridized carbons (Fsp3) is 0.0833. The van der Waals surface area contributed by atoms with E-state index in [-0.39, 0.29) is 11.4 Å². The maximum atomic E-state index is 12.7. The smallest absolute Gasteiger partial charge is 0.374 e. The molecule has 0 fully saturated rings. The van der Waals surface area contributed by atoms with E-state index < -0.39 is 26.9 Å². The van der Waals surface area contributed by atoms with Gasteiger partial charge in [0.2, 0.25) is 10.9 Å². The molecule has 0 aliphatic rings. The molecule has 106 valence electrons. The molecule has 20 heavy (non-hydrogen) atoms. The number of rotatable bonds is 4. The van der Waals surface area contributed by atoms with Crippen LogP contribution < -0.4 is 4.72 Å². The molecule has 0 atom stereocenters. The molecule has 2 rings (SSSR count). The lowest BCUT2D eigenvalue weighted by molar-refractivity contribution is 0.0559. The predicted molar refractivity (Wildman–Crippen MR) is 67.3 cm³/mol. The molecule has 2 aromatic rings. The summed E-state index contributed by atoms with van der Waals surface area (Å²) in [6.07, 6.45) is 0. The third-order valence-corrected chi connectivity index (χ3v) is 3.58. The Morgan fingerprint density at radius 3 is 2.45 bits per heavy atom. The molecule has 0 unspecified atom stereocenters. The highest BCUT2D eigenvalue weighted by Crippen LogP contribution is 2.19. The molecular weight excluding hydrogens is 289 g/mol. The number of hydrogen-bond donors (Lipinski definition) is 1. The number of hydrogen-bond acceptors (Lipinski definition) is 5. The number of halogens is 1. The number of furan rings is 1. The van der Waals surface area contributed by atoms with Crippen LogP contribution in [0.15, 0.2) is 45.9 Å². The molecule has 0 aliphatic heterocycles. The van der Waals surface area contributed by atoms with Crippen molar-refractivity contribution in [2.24, 2.45) is 0 Å². The van der Waals surface area contributed by atoms with E-state index in [0.717, 1.165) is 25.3 Å². The van der Waals surface area contributed by atoms with E-state index in [1.54, 1.807) is 0 Å². The number of ether oxygens (including phenoxy) is 1. The molecule has 8 heteroatoms. The Morgan fingerprint density at radius 2 is 1.85 bits per heavy atom. The summed E-state index contributed by atoms with van der Waals surface area (Å²) in [5.74, 6) is -1.50. The lowest BCUT2D eigenvalue weighted by Gasteiger charge is -2.05. The van der Waals surface area contributed by atoms with E-state index in [0.29, 0.717) is 0 Å². The molecule has 0 radical (unpaired) electrons. The van der Waals surface area contributed by atoms with Crippen LogP contribution in [0.4, 0.5) is 10.1 Å². The molecule has 6 nitrogen and oxygen atoms in total.